The molecule has 17 heteroatoms. The molecule has 1 atom stereocenters. The van der Waals surface area contributed by atoms with Crippen LogP contribution in [-0.4, -0.2) is 78.1 Å². The van der Waals surface area contributed by atoms with Gasteiger partial charge in [0.1, 0.15) is 17.4 Å². The number of carbonyl (C=O) groups excluding carboxylic acids is 2. The second-order valence-electron chi connectivity index (χ2n) is 11.3. The topological polar surface area (TPSA) is 240 Å². The minimum Gasteiger partial charge on any atom is -0.494 e. The molecule has 0 aliphatic carbocycles. The van der Waals surface area contributed by atoms with Crippen molar-refractivity contribution < 1.29 is 32.6 Å². The van der Waals surface area contributed by atoms with Crippen LogP contribution >= 0.6 is 0 Å². The number of imidazole rings is 1. The second-order valence-corrected chi connectivity index (χ2v) is 13.0. The highest BCUT2D eigenvalue weighted by atomic mass is 32.2. The smallest absolute Gasteiger partial charge is 0.323 e. The van der Waals surface area contributed by atoms with Gasteiger partial charge in [0.05, 0.1) is 17.0 Å². The molecule has 4 aromatic rings. The number of H-pyrrole nitrogens is 1. The molecular formula is C32H40N8O8S. The Morgan fingerprint density at radius 3 is 2.51 bits per heavy atom. The van der Waals surface area contributed by atoms with Crippen LogP contribution in [0.2, 0.25) is 0 Å². The number of aromatic amines is 1. The fraction of sp³-hybridized carbons (Fsp3) is 0.344. The number of rotatable bonds is 17. The van der Waals surface area contributed by atoms with Gasteiger partial charge in [0.15, 0.2) is 5.95 Å². The summed E-state index contributed by atoms with van der Waals surface area (Å²) in [4.78, 5) is 57.1. The van der Waals surface area contributed by atoms with Crippen LogP contribution in [0.1, 0.15) is 39.9 Å². The van der Waals surface area contributed by atoms with E-state index < -0.39 is 39.9 Å². The van der Waals surface area contributed by atoms with Gasteiger partial charge in [0.2, 0.25) is 21.4 Å². The molecule has 262 valence electrons. The lowest BCUT2D eigenvalue weighted by Crippen LogP contribution is -2.49. The molecule has 0 aliphatic heterocycles. The fourth-order valence-corrected chi connectivity index (χ4v) is 6.85. The summed E-state index contributed by atoms with van der Waals surface area (Å²) in [6.45, 7) is 3.82. The van der Waals surface area contributed by atoms with E-state index in [-0.39, 0.29) is 34.8 Å². The highest BCUT2D eigenvalue weighted by Gasteiger charge is 2.29. The van der Waals surface area contributed by atoms with Crippen molar-refractivity contribution in [3.63, 3.8) is 0 Å². The molecule has 0 spiro atoms. The van der Waals surface area contributed by atoms with Crippen molar-refractivity contribution in [2.75, 3.05) is 31.6 Å². The summed E-state index contributed by atoms with van der Waals surface area (Å²) in [5.41, 5.74) is 6.61. The zero-order chi connectivity index (χ0) is 35.7. The minimum absolute atomic E-state index is 0.138. The monoisotopic (exact) mass is 696 g/mol. The average Bonchev–Trinajstić information content (AvgIpc) is 3.58. The van der Waals surface area contributed by atoms with E-state index >= 15 is 0 Å². The number of anilines is 1. The van der Waals surface area contributed by atoms with Gasteiger partial charge in [-0.3, -0.25) is 19.2 Å². The first-order chi connectivity index (χ1) is 23.3. The zero-order valence-corrected chi connectivity index (χ0v) is 28.1. The van der Waals surface area contributed by atoms with Crippen LogP contribution in [-0.2, 0) is 33.2 Å². The van der Waals surface area contributed by atoms with Crippen LogP contribution < -0.4 is 36.6 Å². The Labute approximate surface area is 282 Å². The molecule has 49 heavy (non-hydrogen) atoms. The van der Waals surface area contributed by atoms with Crippen LogP contribution in [0.5, 0.6) is 5.75 Å². The SMILES string of the molecule is Cc1cc(OCCCC(=O)NCCN)cc(C)c1S(=O)(=O)N[C@H](CNC(=O)c1cn(C)c2cc(CNc3ncc[nH]3)ccc2c1=O)C(=O)O. The van der Waals surface area contributed by atoms with E-state index in [9.17, 15) is 32.7 Å². The number of hydrogen-bond acceptors (Lipinski definition) is 10. The molecule has 2 heterocycles. The molecule has 16 nitrogen and oxygen atoms in total. The number of aliphatic carboxylic acids is 1. The predicted octanol–water partition coefficient (Wildman–Crippen LogP) is 0.886. The molecule has 2 aromatic heterocycles. The van der Waals surface area contributed by atoms with E-state index in [1.807, 2.05) is 0 Å². The number of carboxylic acid groups (broad SMARTS) is 1. The molecule has 2 aromatic carbocycles. The number of pyridine rings is 1. The molecule has 0 unspecified atom stereocenters. The van der Waals surface area contributed by atoms with Gasteiger partial charge >= 0.3 is 5.97 Å². The number of nitrogens with two attached hydrogens (primary N) is 1. The van der Waals surface area contributed by atoms with Crippen LogP contribution in [0.3, 0.4) is 0 Å². The summed E-state index contributed by atoms with van der Waals surface area (Å²) in [5, 5.41) is 18.3. The Balaban J connectivity index is 1.41. The van der Waals surface area contributed by atoms with Crippen LogP contribution in [0.4, 0.5) is 5.95 Å². The number of aromatic nitrogens is 3. The normalized spacial score (nSPS) is 12.0. The highest BCUT2D eigenvalue weighted by molar-refractivity contribution is 7.89. The van der Waals surface area contributed by atoms with Crippen molar-refractivity contribution >= 4 is 44.7 Å². The van der Waals surface area contributed by atoms with E-state index in [4.69, 9.17) is 10.5 Å². The number of carbonyl (C=O) groups is 3. The van der Waals surface area contributed by atoms with Crippen LogP contribution in [0, 0.1) is 13.8 Å². The third kappa shape index (κ3) is 9.43. The van der Waals surface area contributed by atoms with Gasteiger partial charge in [-0.05, 0) is 61.2 Å². The average molecular weight is 697 g/mol. The molecule has 0 radical (unpaired) electrons. The first-order valence-corrected chi connectivity index (χ1v) is 16.9. The number of amides is 2. The summed E-state index contributed by atoms with van der Waals surface area (Å²) in [6.07, 6.45) is 5.31. The zero-order valence-electron chi connectivity index (χ0n) is 27.3. The number of fused-ring (bicyclic) bond motifs is 1. The number of aryl methyl sites for hydroxylation is 3. The summed E-state index contributed by atoms with van der Waals surface area (Å²) in [6, 6.07) is 6.40. The number of nitrogens with zero attached hydrogens (tertiary/aromatic N) is 2. The summed E-state index contributed by atoms with van der Waals surface area (Å²) < 4.78 is 36.2. The fourth-order valence-electron chi connectivity index (χ4n) is 5.20. The Hall–Kier alpha value is -5.26. The van der Waals surface area contributed by atoms with E-state index in [0.29, 0.717) is 54.4 Å². The lowest BCUT2D eigenvalue weighted by molar-refractivity contribution is -0.138. The predicted molar refractivity (Wildman–Crippen MR) is 182 cm³/mol. The Kier molecular flexibility index (Phi) is 12.1. The lowest BCUT2D eigenvalue weighted by Gasteiger charge is -2.19. The molecule has 0 saturated heterocycles. The van der Waals surface area contributed by atoms with E-state index in [0.717, 1.165) is 5.56 Å². The number of nitrogens with one attached hydrogen (secondary N) is 5. The number of benzene rings is 2. The summed E-state index contributed by atoms with van der Waals surface area (Å²) >= 11 is 0. The standard InChI is InChI=1S/C32H40N8O8S/c1-19-13-22(48-12-4-5-27(41)34-9-8-33)14-20(2)29(19)49(46,47)39-25(31(44)45)17-37-30(43)24-18-40(3)26-15-21(6-7-23(26)28(24)42)16-38-32-35-10-11-36-32/h6-7,10-11,13-15,18,25,39H,4-5,8-9,12,16-17,33H2,1-3H3,(H,34,41)(H,37,43)(H,44,45)(H2,35,36,38)/t25-/m1/s1. The van der Waals surface area contributed by atoms with Gasteiger partial charge < -0.3 is 41.1 Å². The van der Waals surface area contributed by atoms with Crippen molar-refractivity contribution in [1.82, 2.24) is 29.9 Å². The maximum atomic E-state index is 13.4. The molecule has 0 fully saturated rings. The van der Waals surface area contributed by atoms with E-state index in [1.165, 1.54) is 18.3 Å². The van der Waals surface area contributed by atoms with Gasteiger partial charge in [0, 0.05) is 63.6 Å². The molecule has 4 rings (SSSR count). The number of hydrogen-bond donors (Lipinski definition) is 7. The van der Waals surface area contributed by atoms with Gasteiger partial charge in [0.25, 0.3) is 5.91 Å². The number of ether oxygens (including phenoxy) is 1. The second kappa shape index (κ2) is 16.2. The first kappa shape index (κ1) is 36.6. The van der Waals surface area contributed by atoms with Crippen molar-refractivity contribution in [2.24, 2.45) is 12.8 Å². The maximum absolute atomic E-state index is 13.4. The molecule has 0 bridgehead atoms. The molecule has 0 saturated carbocycles. The quantitative estimate of drug-likeness (QED) is 0.0765. The molecule has 2 amide bonds. The van der Waals surface area contributed by atoms with Crippen molar-refractivity contribution in [3.8, 4) is 5.75 Å². The van der Waals surface area contributed by atoms with Crippen molar-refractivity contribution in [2.45, 2.75) is 44.2 Å². The van der Waals surface area contributed by atoms with Crippen LogP contribution in [0.15, 0.2) is 58.6 Å². The number of carboxylic acids is 1. The highest BCUT2D eigenvalue weighted by Crippen LogP contribution is 2.26. The van der Waals surface area contributed by atoms with Crippen molar-refractivity contribution in [1.29, 1.82) is 0 Å². The lowest BCUT2D eigenvalue weighted by atomic mass is 10.1. The van der Waals surface area contributed by atoms with Gasteiger partial charge in [-0.15, -0.1) is 0 Å². The Morgan fingerprint density at radius 1 is 1.12 bits per heavy atom. The van der Waals surface area contributed by atoms with Gasteiger partial charge in [-0.2, -0.15) is 4.72 Å². The Morgan fingerprint density at radius 2 is 1.86 bits per heavy atom. The maximum Gasteiger partial charge on any atom is 0.323 e. The van der Waals surface area contributed by atoms with Gasteiger partial charge in [-0.1, -0.05) is 6.07 Å². The third-order valence-electron chi connectivity index (χ3n) is 7.51. The largest absolute Gasteiger partial charge is 0.494 e. The van der Waals surface area contributed by atoms with Crippen LogP contribution in [0.25, 0.3) is 10.9 Å². The van der Waals surface area contributed by atoms with E-state index in [2.05, 4.69) is 30.6 Å². The van der Waals surface area contributed by atoms with E-state index in [1.54, 1.807) is 56.1 Å². The minimum atomic E-state index is -4.39. The summed E-state index contributed by atoms with van der Waals surface area (Å²) in [7, 11) is -2.72. The molecule has 8 N–H and O–H groups in total. The molecule has 0 aliphatic rings. The third-order valence-corrected chi connectivity index (χ3v) is 9.28. The summed E-state index contributed by atoms with van der Waals surface area (Å²) in [5.74, 6) is -1.57. The van der Waals surface area contributed by atoms with Gasteiger partial charge in [-0.25, -0.2) is 13.4 Å². The number of sulfonamides is 1. The van der Waals surface area contributed by atoms with Crippen molar-refractivity contribution in [3.05, 3.63) is 81.4 Å². The Bertz CT molecular complexity index is 1970. The first-order valence-electron chi connectivity index (χ1n) is 15.4. The molecular weight excluding hydrogens is 656 g/mol.